The van der Waals surface area contributed by atoms with Crippen molar-refractivity contribution in [3.8, 4) is 0 Å². The van der Waals surface area contributed by atoms with Crippen LogP contribution in [-0.4, -0.2) is 27.3 Å². The van der Waals surface area contributed by atoms with Crippen LogP contribution in [0, 0.1) is 0 Å². The Kier molecular flexibility index (Phi) is 3.69. The maximum absolute atomic E-state index is 12.3. The van der Waals surface area contributed by atoms with E-state index in [1.54, 1.807) is 6.08 Å². The number of carboxylic acid groups (broad SMARTS) is 1. The van der Waals surface area contributed by atoms with Gasteiger partial charge in [-0.15, -0.1) is 0 Å². The zero-order valence-electron chi connectivity index (χ0n) is 14.4. The molecule has 134 valence electrons. The van der Waals surface area contributed by atoms with Crippen molar-refractivity contribution in [2.75, 3.05) is 0 Å². The summed E-state index contributed by atoms with van der Waals surface area (Å²) in [7, 11) is 0. The number of nitrogens with zero attached hydrogens (tertiary/aromatic N) is 1. The largest absolute Gasteiger partial charge is 0.480 e. The molecule has 7 heteroatoms. The number of aliphatic carboxylic acids is 1. The third kappa shape index (κ3) is 2.70. The number of hydrogen-bond acceptors (Lipinski definition) is 4. The van der Waals surface area contributed by atoms with Crippen molar-refractivity contribution in [1.29, 1.82) is 0 Å². The highest BCUT2D eigenvalue weighted by Crippen LogP contribution is 2.47. The van der Waals surface area contributed by atoms with Crippen molar-refractivity contribution < 1.29 is 9.90 Å². The highest BCUT2D eigenvalue weighted by molar-refractivity contribution is 5.81. The number of rotatable bonds is 5. The molecule has 1 aliphatic heterocycles. The minimum Gasteiger partial charge on any atom is -0.480 e. The summed E-state index contributed by atoms with van der Waals surface area (Å²) in [6, 6.07) is 6.49. The highest BCUT2D eigenvalue weighted by atomic mass is 16.4. The first-order valence-electron chi connectivity index (χ1n) is 8.57. The van der Waals surface area contributed by atoms with Crippen LogP contribution in [0.2, 0.25) is 0 Å². The van der Waals surface area contributed by atoms with E-state index in [-0.39, 0.29) is 17.4 Å². The number of nitrogens with two attached hydrogens (primary N) is 1. The molecule has 26 heavy (non-hydrogen) atoms. The standard InChI is InChI=1S/C19H20N4O3/c1-19(6-7-19)16-12(17(24)23-22-16)9-15-11(8-13(20)18(25)26)10-4-2-3-5-14(10)21-15/h2-5,9,13H,6-8,20H2,1H3,(H,25,26)(H2,22,23,24)/b15-9+. The van der Waals surface area contributed by atoms with Gasteiger partial charge in [0.05, 0.1) is 22.3 Å². The van der Waals surface area contributed by atoms with Crippen molar-refractivity contribution in [3.63, 3.8) is 0 Å². The first-order valence-corrected chi connectivity index (χ1v) is 8.57. The maximum Gasteiger partial charge on any atom is 0.320 e. The molecule has 2 heterocycles. The van der Waals surface area contributed by atoms with Gasteiger partial charge in [-0.05, 0) is 30.6 Å². The van der Waals surface area contributed by atoms with E-state index in [0.29, 0.717) is 11.3 Å². The van der Waals surface area contributed by atoms with Gasteiger partial charge in [-0.3, -0.25) is 14.7 Å². The molecule has 1 saturated carbocycles. The van der Waals surface area contributed by atoms with E-state index in [9.17, 15) is 14.7 Å². The number of hydrogen-bond donors (Lipinski definition) is 4. The van der Waals surface area contributed by atoms with Crippen LogP contribution in [0.25, 0.3) is 11.6 Å². The molecular formula is C19H20N4O3. The Bertz CT molecular complexity index is 1100. The van der Waals surface area contributed by atoms with Gasteiger partial charge in [-0.1, -0.05) is 25.1 Å². The normalized spacial score (nSPS) is 19.9. The van der Waals surface area contributed by atoms with Gasteiger partial charge >= 0.3 is 5.97 Å². The van der Waals surface area contributed by atoms with Crippen LogP contribution >= 0.6 is 0 Å². The molecule has 1 aromatic heterocycles. The highest BCUT2D eigenvalue weighted by Gasteiger charge is 2.42. The quantitative estimate of drug-likeness (QED) is 0.621. The monoisotopic (exact) mass is 352 g/mol. The number of fused-ring (bicyclic) bond motifs is 1. The lowest BCUT2D eigenvalue weighted by Gasteiger charge is -2.10. The third-order valence-electron chi connectivity index (χ3n) is 5.22. The summed E-state index contributed by atoms with van der Waals surface area (Å²) in [5.74, 6) is -1.06. The Morgan fingerprint density at radius 3 is 2.81 bits per heavy atom. The number of aromatic amines is 2. The summed E-state index contributed by atoms with van der Waals surface area (Å²) in [5.41, 5.74) is 8.33. The first-order chi connectivity index (χ1) is 12.4. The second-order valence-electron chi connectivity index (χ2n) is 7.21. The molecule has 0 amide bonds. The molecule has 0 bridgehead atoms. The van der Waals surface area contributed by atoms with Gasteiger partial charge in [0.2, 0.25) is 0 Å². The van der Waals surface area contributed by atoms with E-state index >= 15 is 0 Å². The van der Waals surface area contributed by atoms with Crippen LogP contribution in [-0.2, 0) is 10.2 Å². The van der Waals surface area contributed by atoms with E-state index < -0.39 is 12.0 Å². The molecule has 5 N–H and O–H groups in total. The van der Waals surface area contributed by atoms with Crippen LogP contribution in [0.3, 0.4) is 0 Å². The number of nitrogens with one attached hydrogen (secondary N) is 2. The van der Waals surface area contributed by atoms with Crippen LogP contribution in [0.1, 0.15) is 37.4 Å². The molecule has 2 aromatic rings. The number of para-hydroxylation sites is 1. The van der Waals surface area contributed by atoms with Gasteiger partial charge in [-0.2, -0.15) is 0 Å². The number of aromatic nitrogens is 2. The minimum atomic E-state index is -1.06. The summed E-state index contributed by atoms with van der Waals surface area (Å²) >= 11 is 0. The van der Waals surface area contributed by atoms with Crippen LogP contribution < -0.4 is 21.9 Å². The molecule has 1 unspecified atom stereocenters. The summed E-state index contributed by atoms with van der Waals surface area (Å²) in [4.78, 5) is 28.1. The molecular weight excluding hydrogens is 332 g/mol. The fourth-order valence-corrected chi connectivity index (χ4v) is 3.36. The molecule has 1 fully saturated rings. The van der Waals surface area contributed by atoms with E-state index in [2.05, 4.69) is 22.1 Å². The van der Waals surface area contributed by atoms with Gasteiger partial charge in [0.15, 0.2) is 0 Å². The Morgan fingerprint density at radius 2 is 2.12 bits per heavy atom. The van der Waals surface area contributed by atoms with Crippen LogP contribution in [0.4, 0.5) is 0 Å². The molecule has 4 rings (SSSR count). The van der Waals surface area contributed by atoms with Gasteiger partial charge in [0, 0.05) is 17.1 Å². The molecule has 2 aliphatic rings. The van der Waals surface area contributed by atoms with Gasteiger partial charge in [0.1, 0.15) is 6.04 Å². The van der Waals surface area contributed by atoms with Crippen molar-refractivity contribution in [3.05, 3.63) is 62.1 Å². The molecule has 1 atom stereocenters. The number of H-pyrrole nitrogens is 2. The van der Waals surface area contributed by atoms with Crippen LogP contribution in [0.15, 0.2) is 39.7 Å². The average molecular weight is 352 g/mol. The summed E-state index contributed by atoms with van der Waals surface area (Å²) in [5, 5.41) is 16.5. The van der Waals surface area contributed by atoms with Crippen LogP contribution in [0.5, 0.6) is 0 Å². The SMILES string of the molecule is CC1(c2[nH][nH]c(=O)c2/C=C2/N=c3ccccc3=C2CC(N)C(=O)O)CC1. The molecule has 7 nitrogen and oxygen atoms in total. The summed E-state index contributed by atoms with van der Waals surface area (Å²) in [6.45, 7) is 2.11. The zero-order valence-corrected chi connectivity index (χ0v) is 14.4. The first kappa shape index (κ1) is 16.5. The van der Waals surface area contributed by atoms with Crippen molar-refractivity contribution in [1.82, 2.24) is 10.2 Å². The lowest BCUT2D eigenvalue weighted by Crippen LogP contribution is -2.32. The van der Waals surface area contributed by atoms with E-state index in [1.165, 1.54) is 0 Å². The molecule has 1 aliphatic carbocycles. The summed E-state index contributed by atoms with van der Waals surface area (Å²) in [6.07, 6.45) is 3.94. The Balaban J connectivity index is 1.86. The molecule has 0 spiro atoms. The molecule has 0 saturated heterocycles. The fraction of sp³-hybridized carbons (Fsp3) is 0.316. The molecule has 0 radical (unpaired) electrons. The lowest BCUT2D eigenvalue weighted by atomic mass is 9.97. The topological polar surface area (TPSA) is 124 Å². The smallest absolute Gasteiger partial charge is 0.320 e. The second-order valence-corrected chi connectivity index (χ2v) is 7.21. The van der Waals surface area contributed by atoms with E-state index in [0.717, 1.165) is 34.7 Å². The third-order valence-corrected chi connectivity index (χ3v) is 5.22. The minimum absolute atomic E-state index is 0.0192. The Hall–Kier alpha value is -2.93. The average Bonchev–Trinajstić information content (AvgIpc) is 3.11. The lowest BCUT2D eigenvalue weighted by molar-refractivity contribution is -0.138. The summed E-state index contributed by atoms with van der Waals surface area (Å²) < 4.78 is 0. The van der Waals surface area contributed by atoms with Crippen molar-refractivity contribution in [2.24, 2.45) is 10.7 Å². The van der Waals surface area contributed by atoms with E-state index in [4.69, 9.17) is 5.73 Å². The number of carboxylic acids is 1. The van der Waals surface area contributed by atoms with Gasteiger partial charge in [0.25, 0.3) is 5.56 Å². The second kappa shape index (κ2) is 5.81. The Morgan fingerprint density at radius 1 is 1.38 bits per heavy atom. The molecule has 1 aromatic carbocycles. The van der Waals surface area contributed by atoms with Crippen molar-refractivity contribution >= 4 is 17.6 Å². The number of allylic oxidation sites excluding steroid dienone is 1. The van der Waals surface area contributed by atoms with Gasteiger partial charge in [-0.25, -0.2) is 4.99 Å². The maximum atomic E-state index is 12.3. The van der Waals surface area contributed by atoms with E-state index in [1.807, 2.05) is 24.3 Å². The zero-order chi connectivity index (χ0) is 18.5. The van der Waals surface area contributed by atoms with Crippen molar-refractivity contribution in [2.45, 2.75) is 37.6 Å². The number of carbonyl (C=O) groups is 1. The van der Waals surface area contributed by atoms with Gasteiger partial charge < -0.3 is 15.9 Å². The Labute approximate surface area is 148 Å². The predicted octanol–water partition coefficient (Wildman–Crippen LogP) is 0.381. The number of benzene rings is 1. The fourth-order valence-electron chi connectivity index (χ4n) is 3.36. The predicted molar refractivity (Wildman–Crippen MR) is 96.8 cm³/mol.